The molecule has 2 aromatic heterocycles. The summed E-state index contributed by atoms with van der Waals surface area (Å²) in [6, 6.07) is 18.8. The summed E-state index contributed by atoms with van der Waals surface area (Å²) in [5, 5.41) is 7.70. The van der Waals surface area contributed by atoms with E-state index in [1.165, 1.54) is 10.4 Å². The molecule has 1 amide bonds. The molecule has 6 rings (SSSR count). The van der Waals surface area contributed by atoms with Crippen LogP contribution in [0.2, 0.25) is 0 Å². The van der Waals surface area contributed by atoms with Crippen LogP contribution in [0, 0.1) is 0 Å². The molecule has 1 unspecified atom stereocenters. The van der Waals surface area contributed by atoms with Gasteiger partial charge in [0, 0.05) is 23.7 Å². The van der Waals surface area contributed by atoms with E-state index in [0.717, 1.165) is 78.7 Å². The van der Waals surface area contributed by atoms with Gasteiger partial charge in [-0.25, -0.2) is 9.97 Å². The second-order valence-electron chi connectivity index (χ2n) is 9.26. The summed E-state index contributed by atoms with van der Waals surface area (Å²) >= 11 is 1.78. The van der Waals surface area contributed by atoms with Crippen LogP contribution in [0.1, 0.15) is 34.3 Å². The number of carbonyl (C=O) groups is 1. The van der Waals surface area contributed by atoms with Gasteiger partial charge in [0.15, 0.2) is 0 Å². The summed E-state index contributed by atoms with van der Waals surface area (Å²) in [6.07, 6.45) is 3.27. The highest BCUT2D eigenvalue weighted by atomic mass is 32.1. The van der Waals surface area contributed by atoms with Gasteiger partial charge in [0.05, 0.1) is 25.1 Å². The molecule has 4 aromatic rings. The van der Waals surface area contributed by atoms with Gasteiger partial charge in [0.25, 0.3) is 5.91 Å². The van der Waals surface area contributed by atoms with Crippen LogP contribution in [-0.4, -0.2) is 47.1 Å². The van der Waals surface area contributed by atoms with Crippen LogP contribution in [0.4, 0.5) is 11.5 Å². The quantitative estimate of drug-likeness (QED) is 0.380. The van der Waals surface area contributed by atoms with E-state index < -0.39 is 6.04 Å². The van der Waals surface area contributed by atoms with Crippen LogP contribution in [0.5, 0.6) is 0 Å². The third-order valence-corrected chi connectivity index (χ3v) is 7.98. The van der Waals surface area contributed by atoms with Gasteiger partial charge in [-0.1, -0.05) is 48.5 Å². The van der Waals surface area contributed by atoms with Gasteiger partial charge >= 0.3 is 0 Å². The van der Waals surface area contributed by atoms with E-state index >= 15 is 0 Å². The zero-order chi connectivity index (χ0) is 24.3. The Morgan fingerprint density at radius 2 is 1.75 bits per heavy atom. The van der Waals surface area contributed by atoms with E-state index in [9.17, 15) is 4.79 Å². The van der Waals surface area contributed by atoms with E-state index in [4.69, 9.17) is 14.7 Å². The fraction of sp³-hybridized carbons (Fsp3) is 0.321. The smallest absolute Gasteiger partial charge is 0.251 e. The van der Waals surface area contributed by atoms with Crippen LogP contribution >= 0.6 is 11.3 Å². The molecule has 184 valence electrons. The summed E-state index contributed by atoms with van der Waals surface area (Å²) in [5.74, 6) is 1.41. The number of hydrogen-bond acceptors (Lipinski definition) is 7. The largest absolute Gasteiger partial charge is 0.379 e. The molecule has 2 aromatic carbocycles. The number of hydrogen-bond donors (Lipinski definition) is 2. The molecule has 1 aliphatic heterocycles. The number of amides is 1. The number of rotatable bonds is 7. The van der Waals surface area contributed by atoms with Gasteiger partial charge < -0.3 is 15.4 Å². The summed E-state index contributed by atoms with van der Waals surface area (Å²) in [4.78, 5) is 28.3. The number of carbonyl (C=O) groups excluding carboxylic acids is 1. The first-order valence-corrected chi connectivity index (χ1v) is 13.3. The number of aryl methyl sites for hydroxylation is 2. The second kappa shape index (κ2) is 10.3. The molecule has 1 fully saturated rings. The minimum atomic E-state index is -0.599. The van der Waals surface area contributed by atoms with E-state index in [0.29, 0.717) is 6.54 Å². The maximum absolute atomic E-state index is 13.6. The van der Waals surface area contributed by atoms with Gasteiger partial charge in [0.1, 0.15) is 22.5 Å². The molecule has 0 bridgehead atoms. The number of nitrogens with zero attached hydrogens (tertiary/aromatic N) is 3. The highest BCUT2D eigenvalue weighted by Gasteiger charge is 2.27. The number of benzene rings is 2. The Bertz CT molecular complexity index is 1350. The molecule has 0 radical (unpaired) electrons. The van der Waals surface area contributed by atoms with E-state index in [1.54, 1.807) is 11.3 Å². The lowest BCUT2D eigenvalue weighted by molar-refractivity contribution is -0.117. The summed E-state index contributed by atoms with van der Waals surface area (Å²) in [7, 11) is 0. The van der Waals surface area contributed by atoms with Crippen molar-refractivity contribution >= 4 is 39.0 Å². The van der Waals surface area contributed by atoms with Crippen molar-refractivity contribution in [1.29, 1.82) is 0 Å². The first kappa shape index (κ1) is 23.1. The minimum absolute atomic E-state index is 0.124. The van der Waals surface area contributed by atoms with Crippen LogP contribution < -0.4 is 10.6 Å². The lowest BCUT2D eigenvalue weighted by Crippen LogP contribution is -2.36. The van der Waals surface area contributed by atoms with Gasteiger partial charge in [-0.05, 0) is 42.5 Å². The maximum Gasteiger partial charge on any atom is 0.251 e. The van der Waals surface area contributed by atoms with Crippen molar-refractivity contribution in [3.8, 4) is 0 Å². The molecule has 7 nitrogen and oxygen atoms in total. The van der Waals surface area contributed by atoms with Crippen LogP contribution in [-0.2, 0) is 28.9 Å². The average Bonchev–Trinajstić information content (AvgIpc) is 3.50. The van der Waals surface area contributed by atoms with Gasteiger partial charge in [0.2, 0.25) is 0 Å². The fourth-order valence-electron chi connectivity index (χ4n) is 4.99. The molecule has 0 saturated carbocycles. The lowest BCUT2D eigenvalue weighted by Gasteiger charge is -2.26. The number of para-hydroxylation sites is 1. The van der Waals surface area contributed by atoms with Gasteiger partial charge in [-0.3, -0.25) is 9.69 Å². The molecule has 1 saturated heterocycles. The number of anilines is 2. The number of fused-ring (bicyclic) bond motifs is 3. The monoisotopic (exact) mass is 499 g/mol. The number of aromatic nitrogens is 2. The third kappa shape index (κ3) is 4.84. The normalized spacial score (nSPS) is 16.6. The molecule has 1 atom stereocenters. The summed E-state index contributed by atoms with van der Waals surface area (Å²) in [5.41, 5.74) is 2.99. The number of nitrogens with one attached hydrogen (secondary N) is 2. The molecule has 36 heavy (non-hydrogen) atoms. The number of thiophene rings is 1. The third-order valence-electron chi connectivity index (χ3n) is 6.80. The summed E-state index contributed by atoms with van der Waals surface area (Å²) < 4.78 is 5.51. The Labute approximate surface area is 214 Å². The van der Waals surface area contributed by atoms with Crippen LogP contribution in [0.25, 0.3) is 10.2 Å². The SMILES string of the molecule is O=C(Nc1ccccc1)C(Nc1nc(CN2CCOCC2)nc2sc3c(c12)CCC3)c1ccccc1. The Hall–Kier alpha value is -3.33. The molecule has 0 spiro atoms. The van der Waals surface area contributed by atoms with Gasteiger partial charge in [-0.15, -0.1) is 11.3 Å². The molecule has 8 heteroatoms. The predicted octanol–water partition coefficient (Wildman–Crippen LogP) is 4.80. The van der Waals surface area contributed by atoms with Crippen molar-refractivity contribution in [3.05, 3.63) is 82.5 Å². The van der Waals surface area contributed by atoms with E-state index in [-0.39, 0.29) is 5.91 Å². The first-order valence-electron chi connectivity index (χ1n) is 12.5. The number of morpholine rings is 1. The molecular weight excluding hydrogens is 470 g/mol. The number of ether oxygens (including phenoxy) is 1. The van der Waals surface area contributed by atoms with Crippen molar-refractivity contribution in [2.24, 2.45) is 0 Å². The van der Waals surface area contributed by atoms with Crippen molar-refractivity contribution < 1.29 is 9.53 Å². The predicted molar refractivity (Wildman–Crippen MR) is 143 cm³/mol. The Kier molecular flexibility index (Phi) is 6.63. The van der Waals surface area contributed by atoms with Gasteiger partial charge in [-0.2, -0.15) is 0 Å². The van der Waals surface area contributed by atoms with E-state index in [2.05, 4.69) is 15.5 Å². The Morgan fingerprint density at radius 1 is 1.00 bits per heavy atom. The van der Waals surface area contributed by atoms with Crippen molar-refractivity contribution in [1.82, 2.24) is 14.9 Å². The fourth-order valence-corrected chi connectivity index (χ4v) is 6.27. The Balaban J connectivity index is 1.38. The molecule has 2 aliphatic rings. The second-order valence-corrected chi connectivity index (χ2v) is 10.3. The molecule has 2 N–H and O–H groups in total. The van der Waals surface area contributed by atoms with Crippen molar-refractivity contribution in [2.75, 3.05) is 36.9 Å². The molecule has 3 heterocycles. The summed E-state index contributed by atoms with van der Waals surface area (Å²) in [6.45, 7) is 3.88. The minimum Gasteiger partial charge on any atom is -0.379 e. The Morgan fingerprint density at radius 3 is 2.53 bits per heavy atom. The van der Waals surface area contributed by atoms with Crippen LogP contribution in [0.3, 0.4) is 0 Å². The zero-order valence-corrected chi connectivity index (χ0v) is 20.9. The lowest BCUT2D eigenvalue weighted by atomic mass is 10.1. The first-order chi connectivity index (χ1) is 17.7. The topological polar surface area (TPSA) is 79.4 Å². The van der Waals surface area contributed by atoms with E-state index in [1.807, 2.05) is 60.7 Å². The van der Waals surface area contributed by atoms with Crippen molar-refractivity contribution in [2.45, 2.75) is 31.8 Å². The highest BCUT2D eigenvalue weighted by Crippen LogP contribution is 2.40. The van der Waals surface area contributed by atoms with Crippen molar-refractivity contribution in [3.63, 3.8) is 0 Å². The highest BCUT2D eigenvalue weighted by molar-refractivity contribution is 7.19. The molecular formula is C28H29N5O2S. The van der Waals surface area contributed by atoms with Crippen LogP contribution in [0.15, 0.2) is 60.7 Å². The zero-order valence-electron chi connectivity index (χ0n) is 20.1. The molecule has 1 aliphatic carbocycles. The standard InChI is InChI=1S/C28H29N5O2S/c34-27(29-20-10-5-2-6-11-20)25(19-8-3-1-4-9-19)32-26-24-21-12-7-13-22(21)36-28(24)31-23(30-26)18-33-14-16-35-17-15-33/h1-6,8-11,25H,7,12-18H2,(H,29,34)(H,30,31,32). The average molecular weight is 500 g/mol. The maximum atomic E-state index is 13.6.